The van der Waals surface area contributed by atoms with Gasteiger partial charge in [-0.1, -0.05) is 60.7 Å². The second-order valence-corrected chi connectivity index (χ2v) is 5.67. The van der Waals surface area contributed by atoms with Crippen molar-refractivity contribution < 1.29 is 19.1 Å². The zero-order valence-corrected chi connectivity index (χ0v) is 14.7. The first-order chi connectivity index (χ1) is 12.2. The number of ether oxygens (including phenoxy) is 2. The van der Waals surface area contributed by atoms with Gasteiger partial charge in [0.05, 0.1) is 25.0 Å². The molecular formula is C21H24O4. The van der Waals surface area contributed by atoms with Crippen molar-refractivity contribution in [1.29, 1.82) is 0 Å². The lowest BCUT2D eigenvalue weighted by molar-refractivity contribution is -0.147. The first-order valence-corrected chi connectivity index (χ1v) is 8.60. The summed E-state index contributed by atoms with van der Waals surface area (Å²) >= 11 is 0. The molecule has 0 bridgehead atoms. The molecule has 0 saturated heterocycles. The fraction of sp³-hybridized carbons (Fsp3) is 0.333. The number of benzene rings is 2. The molecule has 0 saturated carbocycles. The van der Waals surface area contributed by atoms with E-state index in [4.69, 9.17) is 9.47 Å². The van der Waals surface area contributed by atoms with Crippen LogP contribution in [0.3, 0.4) is 0 Å². The van der Waals surface area contributed by atoms with E-state index in [0.29, 0.717) is 19.6 Å². The van der Waals surface area contributed by atoms with Crippen molar-refractivity contribution in [2.75, 3.05) is 13.2 Å². The third kappa shape index (κ3) is 5.18. The molecule has 2 rings (SSSR count). The highest BCUT2D eigenvalue weighted by Crippen LogP contribution is 2.32. The highest BCUT2D eigenvalue weighted by molar-refractivity contribution is 5.82. The summed E-state index contributed by atoms with van der Waals surface area (Å²) in [6.45, 7) is 4.16. The van der Waals surface area contributed by atoms with Crippen LogP contribution in [0.2, 0.25) is 0 Å². The summed E-state index contributed by atoms with van der Waals surface area (Å²) in [5, 5.41) is 0. The molecule has 25 heavy (non-hydrogen) atoms. The maximum atomic E-state index is 12.5. The SMILES string of the molecule is CCOC(=O)C(CC(C(=O)OCC)c1ccccc1)c1ccccc1. The lowest BCUT2D eigenvalue weighted by Crippen LogP contribution is -2.24. The van der Waals surface area contributed by atoms with Crippen LogP contribution in [-0.4, -0.2) is 25.2 Å². The van der Waals surface area contributed by atoms with E-state index in [1.807, 2.05) is 60.7 Å². The summed E-state index contributed by atoms with van der Waals surface area (Å²) < 4.78 is 10.5. The van der Waals surface area contributed by atoms with E-state index >= 15 is 0 Å². The van der Waals surface area contributed by atoms with Gasteiger partial charge in [-0.3, -0.25) is 9.59 Å². The summed E-state index contributed by atoms with van der Waals surface area (Å²) in [5.41, 5.74) is 1.68. The monoisotopic (exact) mass is 340 g/mol. The van der Waals surface area contributed by atoms with Crippen molar-refractivity contribution in [2.45, 2.75) is 32.1 Å². The Morgan fingerprint density at radius 3 is 1.40 bits per heavy atom. The average molecular weight is 340 g/mol. The topological polar surface area (TPSA) is 52.6 Å². The number of esters is 2. The van der Waals surface area contributed by atoms with Gasteiger partial charge in [0, 0.05) is 0 Å². The number of carbonyl (C=O) groups excluding carboxylic acids is 2. The molecule has 0 aliphatic rings. The maximum absolute atomic E-state index is 12.5. The molecular weight excluding hydrogens is 316 g/mol. The van der Waals surface area contributed by atoms with E-state index in [2.05, 4.69) is 0 Å². The summed E-state index contributed by atoms with van der Waals surface area (Å²) in [7, 11) is 0. The van der Waals surface area contributed by atoms with Crippen LogP contribution in [0, 0.1) is 0 Å². The van der Waals surface area contributed by atoms with Gasteiger partial charge in [0.25, 0.3) is 0 Å². The molecule has 2 aromatic rings. The predicted octanol–water partition coefficient (Wildman–Crippen LogP) is 4.07. The molecule has 0 aliphatic carbocycles. The van der Waals surface area contributed by atoms with Crippen molar-refractivity contribution in [3.05, 3.63) is 71.8 Å². The van der Waals surface area contributed by atoms with E-state index in [-0.39, 0.29) is 11.9 Å². The van der Waals surface area contributed by atoms with Crippen LogP contribution in [-0.2, 0) is 19.1 Å². The molecule has 2 atom stereocenters. The maximum Gasteiger partial charge on any atom is 0.313 e. The summed E-state index contributed by atoms with van der Waals surface area (Å²) in [6.07, 6.45) is 0.311. The van der Waals surface area contributed by atoms with Crippen LogP contribution in [0.1, 0.15) is 43.2 Å². The van der Waals surface area contributed by atoms with Crippen LogP contribution in [0.5, 0.6) is 0 Å². The third-order valence-corrected chi connectivity index (χ3v) is 4.02. The predicted molar refractivity (Wildman–Crippen MR) is 96.2 cm³/mol. The van der Waals surface area contributed by atoms with Gasteiger partial charge in [0.1, 0.15) is 0 Å². The fourth-order valence-corrected chi connectivity index (χ4v) is 2.83. The minimum absolute atomic E-state index is 0.303. The summed E-state index contributed by atoms with van der Waals surface area (Å²) in [5.74, 6) is -1.68. The smallest absolute Gasteiger partial charge is 0.313 e. The largest absolute Gasteiger partial charge is 0.466 e. The molecule has 0 N–H and O–H groups in total. The molecule has 0 aromatic heterocycles. The fourth-order valence-electron chi connectivity index (χ4n) is 2.83. The average Bonchev–Trinajstić information content (AvgIpc) is 2.64. The first-order valence-electron chi connectivity index (χ1n) is 8.60. The molecule has 0 radical (unpaired) electrons. The Labute approximate surface area is 148 Å². The van der Waals surface area contributed by atoms with Gasteiger partial charge in [-0.15, -0.1) is 0 Å². The Balaban J connectivity index is 2.34. The highest BCUT2D eigenvalue weighted by Gasteiger charge is 2.31. The first kappa shape index (κ1) is 18.7. The van der Waals surface area contributed by atoms with Crippen LogP contribution in [0.25, 0.3) is 0 Å². The lowest BCUT2D eigenvalue weighted by Gasteiger charge is -2.22. The number of rotatable bonds is 8. The quantitative estimate of drug-likeness (QED) is 0.680. The number of hydrogen-bond acceptors (Lipinski definition) is 4. The second-order valence-electron chi connectivity index (χ2n) is 5.67. The van der Waals surface area contributed by atoms with Crippen molar-refractivity contribution in [3.63, 3.8) is 0 Å². The van der Waals surface area contributed by atoms with Gasteiger partial charge in [0.15, 0.2) is 0 Å². The minimum Gasteiger partial charge on any atom is -0.466 e. The Morgan fingerprint density at radius 2 is 1.08 bits per heavy atom. The lowest BCUT2D eigenvalue weighted by atomic mass is 9.85. The molecule has 0 heterocycles. The van der Waals surface area contributed by atoms with E-state index in [1.165, 1.54) is 0 Å². The number of carbonyl (C=O) groups is 2. The van der Waals surface area contributed by atoms with Gasteiger partial charge in [-0.05, 0) is 31.4 Å². The molecule has 0 amide bonds. The molecule has 132 valence electrons. The van der Waals surface area contributed by atoms with E-state index in [9.17, 15) is 9.59 Å². The van der Waals surface area contributed by atoms with Crippen molar-refractivity contribution in [1.82, 2.24) is 0 Å². The van der Waals surface area contributed by atoms with Gasteiger partial charge in [-0.25, -0.2) is 0 Å². The van der Waals surface area contributed by atoms with Crippen LogP contribution >= 0.6 is 0 Å². The van der Waals surface area contributed by atoms with Crippen LogP contribution in [0.4, 0.5) is 0 Å². The summed E-state index contributed by atoms with van der Waals surface area (Å²) in [4.78, 5) is 25.0. The molecule has 0 aliphatic heterocycles. The van der Waals surface area contributed by atoms with Crippen LogP contribution < -0.4 is 0 Å². The molecule has 2 aromatic carbocycles. The van der Waals surface area contributed by atoms with Gasteiger partial charge >= 0.3 is 11.9 Å². The van der Waals surface area contributed by atoms with Crippen molar-refractivity contribution in [3.8, 4) is 0 Å². The van der Waals surface area contributed by atoms with Gasteiger partial charge in [-0.2, -0.15) is 0 Å². The Morgan fingerprint density at radius 1 is 0.720 bits per heavy atom. The third-order valence-electron chi connectivity index (χ3n) is 4.02. The van der Waals surface area contributed by atoms with Crippen molar-refractivity contribution >= 4 is 11.9 Å². The zero-order valence-electron chi connectivity index (χ0n) is 14.7. The van der Waals surface area contributed by atoms with Gasteiger partial charge < -0.3 is 9.47 Å². The Bertz CT molecular complexity index is 607. The number of hydrogen-bond donors (Lipinski definition) is 0. The van der Waals surface area contributed by atoms with E-state index in [0.717, 1.165) is 11.1 Å². The standard InChI is InChI=1S/C21H24O4/c1-3-24-20(22)18(16-11-7-5-8-12-16)15-19(21(23)25-4-2)17-13-9-6-10-14-17/h5-14,18-19H,3-4,15H2,1-2H3. The van der Waals surface area contributed by atoms with Crippen LogP contribution in [0.15, 0.2) is 60.7 Å². The second kappa shape index (κ2) is 9.62. The molecule has 4 heteroatoms. The Hall–Kier alpha value is -2.62. The van der Waals surface area contributed by atoms with E-state index < -0.39 is 11.8 Å². The molecule has 0 fully saturated rings. The molecule has 2 unspecified atom stereocenters. The normalized spacial score (nSPS) is 12.9. The van der Waals surface area contributed by atoms with Gasteiger partial charge in [0.2, 0.25) is 0 Å². The van der Waals surface area contributed by atoms with Crippen molar-refractivity contribution in [2.24, 2.45) is 0 Å². The minimum atomic E-state index is -0.518. The van der Waals surface area contributed by atoms with E-state index in [1.54, 1.807) is 13.8 Å². The summed E-state index contributed by atoms with van der Waals surface area (Å²) in [6, 6.07) is 18.8. The highest BCUT2D eigenvalue weighted by atomic mass is 16.5. The molecule has 0 spiro atoms. The zero-order chi connectivity index (χ0) is 18.1. The Kier molecular flexibility index (Phi) is 7.20. The molecule has 4 nitrogen and oxygen atoms in total.